The maximum Gasteiger partial charge on any atom is 0.254 e. The highest BCUT2D eigenvalue weighted by Gasteiger charge is 2.24. The van der Waals surface area contributed by atoms with Crippen LogP contribution in [0.15, 0.2) is 12.1 Å². The van der Waals surface area contributed by atoms with Crippen molar-refractivity contribution in [2.24, 2.45) is 5.41 Å². The molecule has 1 aromatic carbocycles. The lowest BCUT2D eigenvalue weighted by molar-refractivity contribution is 0.0905. The monoisotopic (exact) mass is 256 g/mol. The average Bonchev–Trinajstić information content (AvgIpc) is 2.21. The number of nitrogens with one attached hydrogen (secondary N) is 1. The highest BCUT2D eigenvalue weighted by molar-refractivity contribution is 5.95. The fourth-order valence-electron chi connectivity index (χ4n) is 1.27. The van der Waals surface area contributed by atoms with Crippen LogP contribution in [0.1, 0.15) is 38.1 Å². The number of amides is 1. The Bertz CT molecular complexity index is 467. The summed E-state index contributed by atoms with van der Waals surface area (Å²) in [5, 5.41) is 2.63. The second-order valence-corrected chi connectivity index (χ2v) is 5.42. The Balaban J connectivity index is 2.99. The minimum atomic E-state index is -0.894. The highest BCUT2D eigenvalue weighted by Crippen LogP contribution is 2.21. The van der Waals surface area contributed by atoms with Gasteiger partial charge in [-0.05, 0) is 24.5 Å². The van der Waals surface area contributed by atoms with Gasteiger partial charge in [0.2, 0.25) is 0 Å². The summed E-state index contributed by atoms with van der Waals surface area (Å²) in [6, 6.07) is 1.50. The smallest absolute Gasteiger partial charge is 0.254 e. The molecule has 0 aliphatic rings. The zero-order valence-corrected chi connectivity index (χ0v) is 11.0. The van der Waals surface area contributed by atoms with Crippen molar-refractivity contribution in [3.05, 3.63) is 29.3 Å². The van der Waals surface area contributed by atoms with E-state index in [1.54, 1.807) is 6.92 Å². The summed E-state index contributed by atoms with van der Waals surface area (Å²) >= 11 is 0. The number of anilines is 1. The third kappa shape index (κ3) is 3.18. The number of nitrogens with two attached hydrogens (primary N) is 1. The lowest BCUT2D eigenvalue weighted by atomic mass is 9.88. The van der Waals surface area contributed by atoms with Crippen molar-refractivity contribution < 1.29 is 13.6 Å². The van der Waals surface area contributed by atoms with Crippen LogP contribution in [0.25, 0.3) is 0 Å². The minimum absolute atomic E-state index is 0.176. The zero-order valence-electron chi connectivity index (χ0n) is 11.0. The summed E-state index contributed by atoms with van der Waals surface area (Å²) in [5.74, 6) is -2.29. The molecule has 0 aliphatic carbocycles. The number of nitrogen functional groups attached to an aromatic ring is 1. The van der Waals surface area contributed by atoms with Gasteiger partial charge < -0.3 is 11.1 Å². The second kappa shape index (κ2) is 4.92. The van der Waals surface area contributed by atoms with Crippen LogP contribution in [0.4, 0.5) is 14.5 Å². The van der Waals surface area contributed by atoms with Crippen LogP contribution in [0, 0.1) is 17.0 Å². The minimum Gasteiger partial charge on any atom is -0.396 e. The number of rotatable bonds is 2. The summed E-state index contributed by atoms with van der Waals surface area (Å²) < 4.78 is 26.7. The van der Waals surface area contributed by atoms with Gasteiger partial charge in [0.1, 0.15) is 5.82 Å². The molecule has 3 nitrogen and oxygen atoms in total. The Morgan fingerprint density at radius 1 is 1.33 bits per heavy atom. The molecule has 1 rings (SSSR count). The summed E-state index contributed by atoms with van der Waals surface area (Å²) in [4.78, 5) is 11.9. The third-order valence-electron chi connectivity index (χ3n) is 2.96. The molecule has 1 amide bonds. The third-order valence-corrected chi connectivity index (χ3v) is 2.96. The first-order valence-electron chi connectivity index (χ1n) is 5.68. The van der Waals surface area contributed by atoms with E-state index in [4.69, 9.17) is 5.73 Å². The molecule has 3 N–H and O–H groups in total. The van der Waals surface area contributed by atoms with Crippen molar-refractivity contribution in [3.63, 3.8) is 0 Å². The predicted octanol–water partition coefficient (Wildman–Crippen LogP) is 2.71. The van der Waals surface area contributed by atoms with E-state index in [0.717, 1.165) is 12.1 Å². The van der Waals surface area contributed by atoms with Crippen LogP contribution in [0.3, 0.4) is 0 Å². The van der Waals surface area contributed by atoms with E-state index in [-0.39, 0.29) is 22.7 Å². The van der Waals surface area contributed by atoms with Gasteiger partial charge in [0, 0.05) is 6.04 Å². The van der Waals surface area contributed by atoms with Gasteiger partial charge in [-0.2, -0.15) is 0 Å². The molecule has 5 heteroatoms. The molecule has 0 aromatic heterocycles. The Labute approximate surface area is 105 Å². The van der Waals surface area contributed by atoms with Gasteiger partial charge in [-0.3, -0.25) is 4.79 Å². The number of carbonyl (C=O) groups excluding carboxylic acids is 1. The van der Waals surface area contributed by atoms with E-state index >= 15 is 0 Å². The Morgan fingerprint density at radius 3 is 2.39 bits per heavy atom. The lowest BCUT2D eigenvalue weighted by Crippen LogP contribution is -2.41. The van der Waals surface area contributed by atoms with Gasteiger partial charge >= 0.3 is 0 Å². The Kier molecular flexibility index (Phi) is 3.94. The first-order valence-corrected chi connectivity index (χ1v) is 5.68. The van der Waals surface area contributed by atoms with E-state index in [2.05, 4.69) is 5.32 Å². The van der Waals surface area contributed by atoms with E-state index in [1.807, 2.05) is 20.8 Å². The summed E-state index contributed by atoms with van der Waals surface area (Å²) in [6.07, 6.45) is 0. The van der Waals surface area contributed by atoms with Crippen molar-refractivity contribution in [1.82, 2.24) is 5.32 Å². The molecule has 100 valence electrons. The van der Waals surface area contributed by atoms with Crippen LogP contribution in [0.2, 0.25) is 0 Å². The number of hydrogen-bond donors (Lipinski definition) is 2. The molecular formula is C13H18F2N2O. The number of hydrogen-bond acceptors (Lipinski definition) is 2. The van der Waals surface area contributed by atoms with Crippen molar-refractivity contribution in [2.75, 3.05) is 5.73 Å². The van der Waals surface area contributed by atoms with Crippen molar-refractivity contribution in [2.45, 2.75) is 33.7 Å². The molecule has 0 saturated carbocycles. The van der Waals surface area contributed by atoms with Crippen LogP contribution in [-0.4, -0.2) is 11.9 Å². The van der Waals surface area contributed by atoms with Gasteiger partial charge in [-0.15, -0.1) is 0 Å². The summed E-state index contributed by atoms with van der Waals surface area (Å²) in [7, 11) is 0. The molecule has 1 atom stereocenters. The molecule has 1 aromatic rings. The molecule has 0 fully saturated rings. The van der Waals surface area contributed by atoms with Crippen LogP contribution < -0.4 is 11.1 Å². The van der Waals surface area contributed by atoms with Gasteiger partial charge in [-0.25, -0.2) is 8.78 Å². The first-order chi connectivity index (χ1) is 8.12. The standard InChI is InChI=1S/C13H18F2N2O/c1-7(13(2,3)4)17-12(18)9-5-8(14)6-10(16)11(9)15/h5-7H,16H2,1-4H3,(H,17,18). The van der Waals surface area contributed by atoms with Crippen LogP contribution in [-0.2, 0) is 0 Å². The molecule has 0 saturated heterocycles. The molecule has 0 spiro atoms. The topological polar surface area (TPSA) is 55.1 Å². The number of halogens is 2. The maximum atomic E-state index is 13.6. The van der Waals surface area contributed by atoms with Crippen molar-refractivity contribution in [3.8, 4) is 0 Å². The zero-order chi connectivity index (χ0) is 14.1. The predicted molar refractivity (Wildman–Crippen MR) is 67.2 cm³/mol. The summed E-state index contributed by atoms with van der Waals surface area (Å²) in [6.45, 7) is 7.62. The maximum absolute atomic E-state index is 13.6. The van der Waals surface area contributed by atoms with E-state index in [9.17, 15) is 13.6 Å². The van der Waals surface area contributed by atoms with Crippen LogP contribution in [0.5, 0.6) is 0 Å². The van der Waals surface area contributed by atoms with Gasteiger partial charge in [0.15, 0.2) is 5.82 Å². The average molecular weight is 256 g/mol. The second-order valence-electron chi connectivity index (χ2n) is 5.42. The van der Waals surface area contributed by atoms with Crippen LogP contribution >= 0.6 is 0 Å². The molecule has 0 aliphatic heterocycles. The lowest BCUT2D eigenvalue weighted by Gasteiger charge is -2.28. The van der Waals surface area contributed by atoms with E-state index < -0.39 is 17.5 Å². The van der Waals surface area contributed by atoms with E-state index in [0.29, 0.717) is 0 Å². The highest BCUT2D eigenvalue weighted by atomic mass is 19.1. The van der Waals surface area contributed by atoms with Gasteiger partial charge in [0.05, 0.1) is 11.3 Å². The Morgan fingerprint density at radius 2 is 1.89 bits per heavy atom. The fourth-order valence-corrected chi connectivity index (χ4v) is 1.27. The van der Waals surface area contributed by atoms with E-state index in [1.165, 1.54) is 0 Å². The molecule has 1 unspecified atom stereocenters. The Hall–Kier alpha value is -1.65. The van der Waals surface area contributed by atoms with Gasteiger partial charge in [-0.1, -0.05) is 20.8 Å². The molecule has 0 heterocycles. The summed E-state index contributed by atoms with van der Waals surface area (Å²) in [5.41, 5.74) is 4.36. The largest absolute Gasteiger partial charge is 0.396 e. The first kappa shape index (κ1) is 14.4. The molecular weight excluding hydrogens is 238 g/mol. The molecule has 0 bridgehead atoms. The molecule has 0 radical (unpaired) electrons. The number of carbonyl (C=O) groups is 1. The normalized spacial score (nSPS) is 13.2. The number of benzene rings is 1. The molecule has 18 heavy (non-hydrogen) atoms. The van der Waals surface area contributed by atoms with Gasteiger partial charge in [0.25, 0.3) is 5.91 Å². The fraction of sp³-hybridized carbons (Fsp3) is 0.462. The SMILES string of the molecule is CC(NC(=O)c1cc(F)cc(N)c1F)C(C)(C)C. The van der Waals surface area contributed by atoms with Crippen molar-refractivity contribution in [1.29, 1.82) is 0 Å². The van der Waals surface area contributed by atoms with Crippen molar-refractivity contribution >= 4 is 11.6 Å². The quantitative estimate of drug-likeness (QED) is 0.799.